The van der Waals surface area contributed by atoms with Crippen molar-refractivity contribution in [1.82, 2.24) is 0 Å². The summed E-state index contributed by atoms with van der Waals surface area (Å²) in [4.78, 5) is 0. The van der Waals surface area contributed by atoms with E-state index in [-0.39, 0.29) is 29.7 Å². The van der Waals surface area contributed by atoms with Gasteiger partial charge >= 0.3 is 0 Å². The maximum absolute atomic E-state index is 13.6. The van der Waals surface area contributed by atoms with Crippen molar-refractivity contribution in [3.05, 3.63) is 35.6 Å². The van der Waals surface area contributed by atoms with Crippen LogP contribution in [0.3, 0.4) is 0 Å². The average Bonchev–Trinajstić information content (AvgIpc) is 2.95. The van der Waals surface area contributed by atoms with Crippen LogP contribution in [0.25, 0.3) is 0 Å². The van der Waals surface area contributed by atoms with E-state index in [9.17, 15) is 4.39 Å². The van der Waals surface area contributed by atoms with Crippen LogP contribution in [0.15, 0.2) is 24.3 Å². The Morgan fingerprint density at radius 1 is 1.36 bits per heavy atom. The van der Waals surface area contributed by atoms with Gasteiger partial charge in [-0.05, 0) is 39.2 Å². The molecule has 4 heteroatoms. The maximum Gasteiger partial charge on any atom is 0.128 e. The van der Waals surface area contributed by atoms with Gasteiger partial charge in [-0.15, -0.1) is 0 Å². The van der Waals surface area contributed by atoms with Gasteiger partial charge in [-0.2, -0.15) is 0 Å². The zero-order valence-electron chi connectivity index (χ0n) is 14.0. The summed E-state index contributed by atoms with van der Waals surface area (Å²) in [5.41, 5.74) is -0.00529. The van der Waals surface area contributed by atoms with E-state index in [4.69, 9.17) is 14.2 Å². The van der Waals surface area contributed by atoms with Crippen molar-refractivity contribution >= 4 is 0 Å². The summed E-state index contributed by atoms with van der Waals surface area (Å²) in [6.07, 6.45) is 2.84. The number of rotatable bonds is 7. The molecule has 1 fully saturated rings. The van der Waals surface area contributed by atoms with Crippen LogP contribution >= 0.6 is 0 Å². The number of halogens is 1. The fourth-order valence-corrected chi connectivity index (χ4v) is 2.87. The quantitative estimate of drug-likeness (QED) is 0.759. The molecule has 0 saturated carbocycles. The molecule has 2 unspecified atom stereocenters. The van der Waals surface area contributed by atoms with E-state index in [0.29, 0.717) is 12.2 Å². The predicted octanol–water partition coefficient (Wildman–Crippen LogP) is 4.10. The summed E-state index contributed by atoms with van der Waals surface area (Å²) in [6, 6.07) is 6.71. The van der Waals surface area contributed by atoms with Crippen molar-refractivity contribution in [3.8, 4) is 0 Å². The lowest BCUT2D eigenvalue weighted by atomic mass is 9.94. The number of hydrogen-bond donors (Lipinski definition) is 0. The zero-order chi connectivity index (χ0) is 16.2. The SMILES string of the molecule is CCC1(COCc2ccccc2F)CCC(C(C)(C)OC)O1. The Morgan fingerprint density at radius 3 is 2.73 bits per heavy atom. The molecule has 1 aromatic carbocycles. The number of benzene rings is 1. The van der Waals surface area contributed by atoms with Crippen molar-refractivity contribution in [2.75, 3.05) is 13.7 Å². The highest BCUT2D eigenvalue weighted by molar-refractivity contribution is 5.16. The topological polar surface area (TPSA) is 27.7 Å². The summed E-state index contributed by atoms with van der Waals surface area (Å²) < 4.78 is 31.2. The Bertz CT molecular complexity index is 489. The molecule has 3 nitrogen and oxygen atoms in total. The van der Waals surface area contributed by atoms with E-state index in [1.807, 2.05) is 19.9 Å². The standard InChI is InChI=1S/C18H27FO3/c1-5-18(11-10-16(22-18)17(2,3)20-4)13-21-12-14-8-6-7-9-15(14)19/h6-9,16H,5,10-13H2,1-4H3. The average molecular weight is 310 g/mol. The molecule has 1 aromatic rings. The smallest absolute Gasteiger partial charge is 0.128 e. The molecule has 0 bridgehead atoms. The minimum absolute atomic E-state index is 0.0644. The normalized spacial score (nSPS) is 25.6. The molecule has 0 aliphatic carbocycles. The molecule has 2 rings (SSSR count). The lowest BCUT2D eigenvalue weighted by Gasteiger charge is -2.34. The summed E-state index contributed by atoms with van der Waals surface area (Å²) in [6.45, 7) is 6.95. The molecule has 0 amide bonds. The van der Waals surface area contributed by atoms with Gasteiger partial charge in [0.1, 0.15) is 5.82 Å². The molecule has 1 aliphatic heterocycles. The highest BCUT2D eigenvalue weighted by atomic mass is 19.1. The van der Waals surface area contributed by atoms with Gasteiger partial charge < -0.3 is 14.2 Å². The molecule has 1 heterocycles. The molecule has 0 spiro atoms. The fourth-order valence-electron chi connectivity index (χ4n) is 2.87. The van der Waals surface area contributed by atoms with Crippen LogP contribution in [0.2, 0.25) is 0 Å². The highest BCUT2D eigenvalue weighted by Crippen LogP contribution is 2.39. The molecule has 1 saturated heterocycles. The van der Waals surface area contributed by atoms with Crippen LogP contribution in [-0.4, -0.2) is 31.0 Å². The van der Waals surface area contributed by atoms with Gasteiger partial charge in [0.25, 0.3) is 0 Å². The predicted molar refractivity (Wildman–Crippen MR) is 84.3 cm³/mol. The van der Waals surface area contributed by atoms with Crippen molar-refractivity contribution in [2.24, 2.45) is 0 Å². The van der Waals surface area contributed by atoms with E-state index in [2.05, 4.69) is 6.92 Å². The molecular formula is C18H27FO3. The van der Waals surface area contributed by atoms with Gasteiger partial charge in [0.05, 0.1) is 30.5 Å². The minimum Gasteiger partial charge on any atom is -0.376 e. The van der Waals surface area contributed by atoms with E-state index in [1.165, 1.54) is 6.07 Å². The summed E-state index contributed by atoms with van der Waals surface area (Å²) >= 11 is 0. The van der Waals surface area contributed by atoms with Gasteiger partial charge in [-0.25, -0.2) is 4.39 Å². The zero-order valence-corrected chi connectivity index (χ0v) is 14.0. The van der Waals surface area contributed by atoms with E-state index in [0.717, 1.165) is 19.3 Å². The van der Waals surface area contributed by atoms with Crippen LogP contribution in [0.5, 0.6) is 0 Å². The van der Waals surface area contributed by atoms with Crippen molar-refractivity contribution < 1.29 is 18.6 Å². The second-order valence-electron chi connectivity index (χ2n) is 6.57. The molecule has 0 radical (unpaired) electrons. The lowest BCUT2D eigenvalue weighted by Crippen LogP contribution is -2.42. The third-order valence-electron chi connectivity index (χ3n) is 4.78. The van der Waals surface area contributed by atoms with Crippen molar-refractivity contribution in [3.63, 3.8) is 0 Å². The number of ether oxygens (including phenoxy) is 3. The van der Waals surface area contributed by atoms with Gasteiger partial charge in [0, 0.05) is 12.7 Å². The minimum atomic E-state index is -0.303. The van der Waals surface area contributed by atoms with Crippen LogP contribution in [-0.2, 0) is 20.8 Å². The number of methoxy groups -OCH3 is 1. The van der Waals surface area contributed by atoms with Crippen LogP contribution in [0, 0.1) is 5.82 Å². The molecule has 2 atom stereocenters. The Labute approximate surface area is 132 Å². The van der Waals surface area contributed by atoms with Gasteiger partial charge in [0.15, 0.2) is 0 Å². The molecular weight excluding hydrogens is 283 g/mol. The molecule has 0 N–H and O–H groups in total. The largest absolute Gasteiger partial charge is 0.376 e. The monoisotopic (exact) mass is 310 g/mol. The number of hydrogen-bond acceptors (Lipinski definition) is 3. The Kier molecular flexibility index (Phi) is 5.59. The van der Waals surface area contributed by atoms with E-state index < -0.39 is 0 Å². The molecule has 22 heavy (non-hydrogen) atoms. The molecule has 124 valence electrons. The Balaban J connectivity index is 1.92. The second-order valence-corrected chi connectivity index (χ2v) is 6.57. The van der Waals surface area contributed by atoms with Gasteiger partial charge in [-0.1, -0.05) is 25.1 Å². The van der Waals surface area contributed by atoms with E-state index >= 15 is 0 Å². The third kappa shape index (κ3) is 3.86. The highest BCUT2D eigenvalue weighted by Gasteiger charge is 2.45. The van der Waals surface area contributed by atoms with Crippen molar-refractivity contribution in [1.29, 1.82) is 0 Å². The first-order valence-corrected chi connectivity index (χ1v) is 7.96. The Hall–Kier alpha value is -0.970. The summed E-state index contributed by atoms with van der Waals surface area (Å²) in [5, 5.41) is 0. The Morgan fingerprint density at radius 2 is 2.09 bits per heavy atom. The second kappa shape index (κ2) is 7.07. The third-order valence-corrected chi connectivity index (χ3v) is 4.78. The van der Waals surface area contributed by atoms with Gasteiger partial charge in [0.2, 0.25) is 0 Å². The van der Waals surface area contributed by atoms with Crippen LogP contribution < -0.4 is 0 Å². The van der Waals surface area contributed by atoms with E-state index in [1.54, 1.807) is 19.2 Å². The lowest BCUT2D eigenvalue weighted by molar-refractivity contribution is -0.156. The van der Waals surface area contributed by atoms with Crippen molar-refractivity contribution in [2.45, 2.75) is 63.9 Å². The first-order chi connectivity index (χ1) is 10.4. The molecule has 0 aromatic heterocycles. The molecule has 1 aliphatic rings. The first kappa shape index (κ1) is 17.4. The van der Waals surface area contributed by atoms with Gasteiger partial charge in [-0.3, -0.25) is 0 Å². The fraction of sp³-hybridized carbons (Fsp3) is 0.667. The summed E-state index contributed by atoms with van der Waals surface area (Å²) in [7, 11) is 1.71. The van der Waals surface area contributed by atoms with Crippen LogP contribution in [0.4, 0.5) is 4.39 Å². The maximum atomic E-state index is 13.6. The first-order valence-electron chi connectivity index (χ1n) is 7.96. The van der Waals surface area contributed by atoms with Crippen LogP contribution in [0.1, 0.15) is 45.6 Å². The summed E-state index contributed by atoms with van der Waals surface area (Å²) in [5.74, 6) is -0.223.